The molecule has 4 rings (SSSR count). The van der Waals surface area contributed by atoms with Crippen LogP contribution in [-0.4, -0.2) is 37.4 Å². The van der Waals surface area contributed by atoms with E-state index in [2.05, 4.69) is 15.5 Å². The summed E-state index contributed by atoms with van der Waals surface area (Å²) in [6.07, 6.45) is -5.19. The van der Waals surface area contributed by atoms with Crippen molar-refractivity contribution in [2.45, 2.75) is 16.7 Å². The molecule has 0 saturated carbocycles. The van der Waals surface area contributed by atoms with Crippen molar-refractivity contribution in [3.05, 3.63) is 66.1 Å². The number of aromatic amines is 1. The summed E-state index contributed by atoms with van der Waals surface area (Å²) in [6, 6.07) is 8.86. The van der Waals surface area contributed by atoms with Gasteiger partial charge in [-0.15, -0.1) is 0 Å². The fourth-order valence-corrected chi connectivity index (χ4v) is 4.31. The first-order valence-corrected chi connectivity index (χ1v) is 10.5. The van der Waals surface area contributed by atoms with E-state index in [0.717, 1.165) is 30.3 Å². The van der Waals surface area contributed by atoms with E-state index in [1.54, 1.807) is 0 Å². The molecule has 1 atom stereocenters. The molecule has 1 aliphatic heterocycles. The van der Waals surface area contributed by atoms with Crippen molar-refractivity contribution >= 4 is 21.8 Å². The van der Waals surface area contributed by atoms with Gasteiger partial charge in [0.1, 0.15) is 5.82 Å². The van der Waals surface area contributed by atoms with Crippen LogP contribution in [0, 0.1) is 5.82 Å². The summed E-state index contributed by atoms with van der Waals surface area (Å²) in [7, 11) is -4.49. The Hall–Kier alpha value is -3.45. The molecule has 0 aliphatic carbocycles. The zero-order valence-corrected chi connectivity index (χ0v) is 16.7. The lowest BCUT2D eigenvalue weighted by Crippen LogP contribution is -2.56. The number of H-pyrrole nitrogens is 1. The van der Waals surface area contributed by atoms with E-state index < -0.39 is 50.7 Å². The number of ether oxygens (including phenoxy) is 1. The van der Waals surface area contributed by atoms with E-state index >= 15 is 0 Å². The average Bonchev–Trinajstić information content (AvgIpc) is 3.26. The minimum absolute atomic E-state index is 0.192. The quantitative estimate of drug-likeness (QED) is 0.494. The summed E-state index contributed by atoms with van der Waals surface area (Å²) >= 11 is 0. The molecule has 3 N–H and O–H groups in total. The Morgan fingerprint density at radius 1 is 1.09 bits per heavy atom. The highest BCUT2D eigenvalue weighted by Crippen LogP contribution is 2.48. The van der Waals surface area contributed by atoms with Crippen LogP contribution in [0.1, 0.15) is 5.56 Å². The molecule has 0 unspecified atom stereocenters. The second kappa shape index (κ2) is 7.60. The number of alkyl halides is 3. The van der Waals surface area contributed by atoms with Crippen LogP contribution in [0.5, 0.6) is 0 Å². The number of sulfonamides is 1. The van der Waals surface area contributed by atoms with E-state index in [0.29, 0.717) is 11.3 Å². The molecular formula is C19H14F4N4O4S. The van der Waals surface area contributed by atoms with E-state index in [9.17, 15) is 30.8 Å². The third-order valence-corrected chi connectivity index (χ3v) is 6.28. The predicted octanol–water partition coefficient (Wildman–Crippen LogP) is 3.51. The van der Waals surface area contributed by atoms with Gasteiger partial charge in [0.05, 0.1) is 22.8 Å². The summed E-state index contributed by atoms with van der Waals surface area (Å²) < 4.78 is 87.7. The Labute approximate surface area is 178 Å². The first-order valence-electron chi connectivity index (χ1n) is 8.98. The maximum atomic E-state index is 14.3. The molecule has 2 aromatic carbocycles. The summed E-state index contributed by atoms with van der Waals surface area (Å²) in [4.78, 5) is 11.5. The maximum Gasteiger partial charge on any atom is 0.434 e. The molecule has 13 heteroatoms. The highest BCUT2D eigenvalue weighted by Gasteiger charge is 2.62. The van der Waals surface area contributed by atoms with Gasteiger partial charge in [0.25, 0.3) is 0 Å². The highest BCUT2D eigenvalue weighted by atomic mass is 32.2. The number of carbonyl (C=O) groups is 1. The number of anilines is 1. The summed E-state index contributed by atoms with van der Waals surface area (Å²) in [5.41, 5.74) is -3.32. The molecular weight excluding hydrogens is 456 g/mol. The number of amides is 1. The monoisotopic (exact) mass is 470 g/mol. The number of cyclic esters (lactones) is 1. The van der Waals surface area contributed by atoms with Crippen LogP contribution in [0.25, 0.3) is 11.3 Å². The molecule has 32 heavy (non-hydrogen) atoms. The number of hydrogen-bond acceptors (Lipinski definition) is 5. The first kappa shape index (κ1) is 21.8. The Balaban J connectivity index is 1.79. The van der Waals surface area contributed by atoms with Crippen molar-refractivity contribution in [2.75, 3.05) is 11.9 Å². The van der Waals surface area contributed by atoms with Gasteiger partial charge in [-0.2, -0.15) is 18.3 Å². The molecule has 3 aromatic rings. The number of nitrogens with one attached hydrogen (secondary N) is 3. The topological polar surface area (TPSA) is 113 Å². The van der Waals surface area contributed by atoms with Gasteiger partial charge in [-0.05, 0) is 42.5 Å². The molecule has 0 spiro atoms. The van der Waals surface area contributed by atoms with Gasteiger partial charge in [0.2, 0.25) is 15.6 Å². The fourth-order valence-electron chi connectivity index (χ4n) is 3.26. The number of benzene rings is 2. The van der Waals surface area contributed by atoms with Crippen LogP contribution < -0.4 is 10.0 Å². The number of nitrogens with zero attached hydrogens (tertiary/aromatic N) is 1. The van der Waals surface area contributed by atoms with Crippen LogP contribution in [0.3, 0.4) is 0 Å². The van der Waals surface area contributed by atoms with Crippen LogP contribution in [0.4, 0.5) is 28.0 Å². The van der Waals surface area contributed by atoms with Crippen molar-refractivity contribution in [3.63, 3.8) is 0 Å². The van der Waals surface area contributed by atoms with Gasteiger partial charge < -0.3 is 4.74 Å². The molecule has 8 nitrogen and oxygen atoms in total. The van der Waals surface area contributed by atoms with Gasteiger partial charge in [-0.25, -0.2) is 22.3 Å². The lowest BCUT2D eigenvalue weighted by molar-refractivity contribution is -0.261. The Kier molecular flexibility index (Phi) is 5.17. The van der Waals surface area contributed by atoms with E-state index in [-0.39, 0.29) is 5.69 Å². The number of rotatable bonds is 5. The molecule has 168 valence electrons. The van der Waals surface area contributed by atoms with Crippen molar-refractivity contribution in [2.24, 2.45) is 0 Å². The largest absolute Gasteiger partial charge is 0.434 e. The van der Waals surface area contributed by atoms with Gasteiger partial charge >= 0.3 is 12.3 Å². The van der Waals surface area contributed by atoms with Gasteiger partial charge in [-0.3, -0.25) is 10.4 Å². The SMILES string of the molecule is O=C1Nc2ccc(-c3ccn[nH]3)cc2[C@](CNS(=O)(=O)c2ccc(F)cc2)(C(F)(F)F)O1. The van der Waals surface area contributed by atoms with E-state index in [1.807, 2.05) is 4.72 Å². The second-order valence-corrected chi connectivity index (χ2v) is 8.62. The third-order valence-electron chi connectivity index (χ3n) is 4.86. The smallest absolute Gasteiger partial charge is 0.426 e. The first-order chi connectivity index (χ1) is 15.0. The van der Waals surface area contributed by atoms with Crippen molar-refractivity contribution in [3.8, 4) is 11.3 Å². The number of aromatic nitrogens is 2. The molecule has 0 fully saturated rings. The number of halogens is 4. The number of hydrogen-bond donors (Lipinski definition) is 3. The van der Waals surface area contributed by atoms with Gasteiger partial charge in [0.15, 0.2) is 0 Å². The standard InChI is InChI=1S/C19H14F4N4O4S/c20-12-2-4-13(5-3-12)32(29,30)25-10-18(19(21,22)23)14-9-11(15-7-8-24-27-15)1-6-16(14)26-17(28)31-18/h1-9,25H,10H2,(H,24,27)(H,26,28)/t18-/m1/s1. The molecule has 0 saturated heterocycles. The summed E-state index contributed by atoms with van der Waals surface area (Å²) in [5, 5.41) is 8.55. The third kappa shape index (κ3) is 3.80. The van der Waals surface area contributed by atoms with E-state index in [4.69, 9.17) is 4.74 Å². The lowest BCUT2D eigenvalue weighted by atomic mass is 9.88. The Morgan fingerprint density at radius 3 is 2.44 bits per heavy atom. The van der Waals surface area contributed by atoms with Gasteiger partial charge in [-0.1, -0.05) is 6.07 Å². The summed E-state index contributed by atoms with van der Waals surface area (Å²) in [6.45, 7) is -1.34. The average molecular weight is 470 g/mol. The molecule has 0 bridgehead atoms. The molecule has 1 aliphatic rings. The minimum Gasteiger partial charge on any atom is -0.426 e. The summed E-state index contributed by atoms with van der Waals surface area (Å²) in [5.74, 6) is -0.719. The normalized spacial score (nSPS) is 18.6. The van der Waals surface area contributed by atoms with Crippen LogP contribution >= 0.6 is 0 Å². The van der Waals surface area contributed by atoms with Crippen molar-refractivity contribution in [1.82, 2.24) is 14.9 Å². The lowest BCUT2D eigenvalue weighted by Gasteiger charge is -2.39. The highest BCUT2D eigenvalue weighted by molar-refractivity contribution is 7.89. The Bertz CT molecular complexity index is 1260. The fraction of sp³-hybridized carbons (Fsp3) is 0.158. The zero-order chi connectivity index (χ0) is 23.1. The van der Waals surface area contributed by atoms with E-state index in [1.165, 1.54) is 24.4 Å². The minimum atomic E-state index is -5.20. The second-order valence-electron chi connectivity index (χ2n) is 6.85. The zero-order valence-electron chi connectivity index (χ0n) is 15.9. The molecule has 1 aromatic heterocycles. The van der Waals surface area contributed by atoms with Crippen LogP contribution in [0.15, 0.2) is 59.6 Å². The molecule has 1 amide bonds. The van der Waals surface area contributed by atoms with Crippen molar-refractivity contribution < 1.29 is 35.5 Å². The molecule has 0 radical (unpaired) electrons. The maximum absolute atomic E-state index is 14.3. The van der Waals surface area contributed by atoms with Gasteiger partial charge in [0, 0.05) is 17.3 Å². The van der Waals surface area contributed by atoms with Crippen LogP contribution in [0.2, 0.25) is 0 Å². The molecule has 2 heterocycles. The van der Waals surface area contributed by atoms with Crippen molar-refractivity contribution in [1.29, 1.82) is 0 Å². The number of fused-ring (bicyclic) bond motifs is 1. The number of carbonyl (C=O) groups excluding carboxylic acids is 1. The Morgan fingerprint density at radius 2 is 1.81 bits per heavy atom. The predicted molar refractivity (Wildman–Crippen MR) is 103 cm³/mol. The van der Waals surface area contributed by atoms with Crippen LogP contribution in [-0.2, 0) is 20.4 Å².